The maximum Gasteiger partial charge on any atom is 0.303 e. The Kier molecular flexibility index (Phi) is 5.91. The van der Waals surface area contributed by atoms with E-state index in [0.717, 1.165) is 35.5 Å². The number of aryl methyl sites for hydroxylation is 1. The number of imidazole rings is 1. The summed E-state index contributed by atoms with van der Waals surface area (Å²) in [5.41, 5.74) is 7.33. The summed E-state index contributed by atoms with van der Waals surface area (Å²) in [7, 11) is 1.65. The van der Waals surface area contributed by atoms with Crippen LogP contribution in [0, 0.1) is 0 Å². The fraction of sp³-hybridized carbons (Fsp3) is 0.368. The third-order valence-corrected chi connectivity index (χ3v) is 4.38. The SMILES string of the molecule is COc1ccc2c(c1)C(NOCCCCC(=O)O)=C(n1ccnc1)CC2. The Hall–Kier alpha value is -2.80. The van der Waals surface area contributed by atoms with Crippen LogP contribution in [0.3, 0.4) is 0 Å². The zero-order chi connectivity index (χ0) is 18.4. The molecule has 0 bridgehead atoms. The molecule has 0 radical (unpaired) electrons. The fourth-order valence-corrected chi connectivity index (χ4v) is 3.03. The van der Waals surface area contributed by atoms with Gasteiger partial charge in [0.25, 0.3) is 0 Å². The number of methoxy groups -OCH3 is 1. The Bertz CT molecular complexity index is 784. The van der Waals surface area contributed by atoms with Gasteiger partial charge >= 0.3 is 5.97 Å². The molecule has 138 valence electrons. The van der Waals surface area contributed by atoms with Gasteiger partial charge in [-0.3, -0.25) is 15.1 Å². The minimum Gasteiger partial charge on any atom is -0.497 e. The molecule has 2 N–H and O–H groups in total. The van der Waals surface area contributed by atoms with Crippen LogP contribution in [-0.4, -0.2) is 34.3 Å². The monoisotopic (exact) mass is 357 g/mol. The van der Waals surface area contributed by atoms with Crippen molar-refractivity contribution in [2.24, 2.45) is 0 Å². The molecular weight excluding hydrogens is 334 g/mol. The molecule has 0 amide bonds. The van der Waals surface area contributed by atoms with Gasteiger partial charge in [0.1, 0.15) is 5.75 Å². The average molecular weight is 357 g/mol. The fourth-order valence-electron chi connectivity index (χ4n) is 3.03. The number of rotatable bonds is 9. The lowest BCUT2D eigenvalue weighted by Gasteiger charge is -2.25. The number of allylic oxidation sites excluding steroid dienone is 1. The molecule has 2 aromatic rings. The third-order valence-electron chi connectivity index (χ3n) is 4.38. The van der Waals surface area contributed by atoms with Gasteiger partial charge in [0.05, 0.1) is 25.7 Å². The largest absolute Gasteiger partial charge is 0.497 e. The van der Waals surface area contributed by atoms with Crippen LogP contribution in [0.2, 0.25) is 0 Å². The number of carbonyl (C=O) groups is 1. The van der Waals surface area contributed by atoms with Crippen molar-refractivity contribution in [2.75, 3.05) is 13.7 Å². The lowest BCUT2D eigenvalue weighted by Crippen LogP contribution is -2.21. The summed E-state index contributed by atoms with van der Waals surface area (Å²) >= 11 is 0. The van der Waals surface area contributed by atoms with Crippen LogP contribution in [0.4, 0.5) is 0 Å². The molecule has 0 saturated heterocycles. The van der Waals surface area contributed by atoms with E-state index in [0.29, 0.717) is 19.4 Å². The van der Waals surface area contributed by atoms with Gasteiger partial charge in [0.15, 0.2) is 0 Å². The number of ether oxygens (including phenoxy) is 1. The quantitative estimate of drug-likeness (QED) is 0.530. The third kappa shape index (κ3) is 4.23. The van der Waals surface area contributed by atoms with Crippen molar-refractivity contribution in [3.63, 3.8) is 0 Å². The number of aromatic nitrogens is 2. The van der Waals surface area contributed by atoms with Crippen LogP contribution < -0.4 is 10.2 Å². The maximum atomic E-state index is 10.6. The van der Waals surface area contributed by atoms with Gasteiger partial charge in [-0.05, 0) is 43.4 Å². The molecule has 3 rings (SSSR count). The second-order valence-corrected chi connectivity index (χ2v) is 6.12. The molecule has 7 heteroatoms. The van der Waals surface area contributed by atoms with Gasteiger partial charge in [-0.1, -0.05) is 6.07 Å². The van der Waals surface area contributed by atoms with E-state index in [1.807, 2.05) is 22.9 Å². The Balaban J connectivity index is 1.78. The average Bonchev–Trinajstić information content (AvgIpc) is 3.18. The maximum absolute atomic E-state index is 10.6. The predicted molar refractivity (Wildman–Crippen MR) is 97.2 cm³/mol. The topological polar surface area (TPSA) is 85.6 Å². The lowest BCUT2D eigenvalue weighted by atomic mass is 9.92. The predicted octanol–water partition coefficient (Wildman–Crippen LogP) is 2.94. The molecule has 1 heterocycles. The smallest absolute Gasteiger partial charge is 0.303 e. The van der Waals surface area contributed by atoms with Crippen LogP contribution in [0.15, 0.2) is 36.9 Å². The zero-order valence-electron chi connectivity index (χ0n) is 14.8. The van der Waals surface area contributed by atoms with E-state index >= 15 is 0 Å². The van der Waals surface area contributed by atoms with Crippen molar-refractivity contribution in [3.05, 3.63) is 48.0 Å². The highest BCUT2D eigenvalue weighted by molar-refractivity contribution is 5.85. The van der Waals surface area contributed by atoms with E-state index in [1.54, 1.807) is 19.6 Å². The van der Waals surface area contributed by atoms with Crippen LogP contribution in [-0.2, 0) is 16.1 Å². The summed E-state index contributed by atoms with van der Waals surface area (Å²) in [5, 5.41) is 8.69. The van der Waals surface area contributed by atoms with E-state index in [2.05, 4.69) is 16.5 Å². The van der Waals surface area contributed by atoms with E-state index < -0.39 is 5.97 Å². The van der Waals surface area contributed by atoms with Crippen LogP contribution in [0.5, 0.6) is 5.75 Å². The summed E-state index contributed by atoms with van der Waals surface area (Å²) < 4.78 is 7.35. The van der Waals surface area contributed by atoms with Crippen LogP contribution >= 0.6 is 0 Å². The number of hydrogen-bond donors (Lipinski definition) is 2. The number of carboxylic acid groups (broad SMARTS) is 1. The number of unbranched alkanes of at least 4 members (excludes halogenated alkanes) is 1. The first-order valence-corrected chi connectivity index (χ1v) is 8.67. The standard InChI is InChI=1S/C19H23N3O4/c1-25-15-7-5-14-6-8-17(22-10-9-20-13-22)19(16(14)12-15)21-26-11-3-2-4-18(23)24/h5,7,9-10,12-13,21H,2-4,6,8,11H2,1H3,(H,23,24). The van der Waals surface area contributed by atoms with Gasteiger partial charge < -0.3 is 14.4 Å². The first-order valence-electron chi connectivity index (χ1n) is 8.67. The number of carboxylic acids is 1. The number of hydrogen-bond acceptors (Lipinski definition) is 5. The molecule has 0 spiro atoms. The van der Waals surface area contributed by atoms with Gasteiger partial charge in [0, 0.05) is 30.1 Å². The molecule has 0 saturated carbocycles. The Morgan fingerprint density at radius 1 is 1.35 bits per heavy atom. The number of hydroxylamine groups is 1. The van der Waals surface area contributed by atoms with Crippen molar-refractivity contribution >= 4 is 17.4 Å². The van der Waals surface area contributed by atoms with E-state index in [9.17, 15) is 4.79 Å². The Morgan fingerprint density at radius 3 is 2.96 bits per heavy atom. The second kappa shape index (κ2) is 8.53. The van der Waals surface area contributed by atoms with Crippen molar-refractivity contribution in [1.82, 2.24) is 15.0 Å². The van der Waals surface area contributed by atoms with Crippen molar-refractivity contribution < 1.29 is 19.5 Å². The molecule has 26 heavy (non-hydrogen) atoms. The summed E-state index contributed by atoms with van der Waals surface area (Å²) in [6, 6.07) is 6.04. The molecule has 0 fully saturated rings. The Morgan fingerprint density at radius 2 is 2.23 bits per heavy atom. The highest BCUT2D eigenvalue weighted by Crippen LogP contribution is 2.34. The number of aliphatic carboxylic acids is 1. The minimum absolute atomic E-state index is 0.159. The van der Waals surface area contributed by atoms with Gasteiger partial charge in [-0.25, -0.2) is 4.98 Å². The molecule has 0 atom stereocenters. The van der Waals surface area contributed by atoms with Gasteiger partial charge in [-0.2, -0.15) is 0 Å². The summed E-state index contributed by atoms with van der Waals surface area (Å²) in [6.45, 7) is 0.438. The minimum atomic E-state index is -0.781. The second-order valence-electron chi connectivity index (χ2n) is 6.12. The first kappa shape index (κ1) is 18.0. The van der Waals surface area contributed by atoms with Crippen molar-refractivity contribution in [3.8, 4) is 5.75 Å². The lowest BCUT2D eigenvalue weighted by molar-refractivity contribution is -0.137. The highest BCUT2D eigenvalue weighted by atomic mass is 16.6. The van der Waals surface area contributed by atoms with Gasteiger partial charge in [0.2, 0.25) is 0 Å². The van der Waals surface area contributed by atoms with Gasteiger partial charge in [-0.15, -0.1) is 0 Å². The Labute approximate surface area is 152 Å². The molecule has 0 aliphatic heterocycles. The number of benzene rings is 1. The number of fused-ring (bicyclic) bond motifs is 1. The number of nitrogens with zero attached hydrogens (tertiary/aromatic N) is 2. The first-order chi connectivity index (χ1) is 12.7. The summed E-state index contributed by atoms with van der Waals surface area (Å²) in [4.78, 5) is 20.3. The van der Waals surface area contributed by atoms with E-state index in [-0.39, 0.29) is 6.42 Å². The molecule has 0 unspecified atom stereocenters. The molecule has 1 aliphatic carbocycles. The molecule has 1 aromatic carbocycles. The van der Waals surface area contributed by atoms with Crippen LogP contribution in [0.1, 0.15) is 36.8 Å². The van der Waals surface area contributed by atoms with Crippen LogP contribution in [0.25, 0.3) is 11.4 Å². The van der Waals surface area contributed by atoms with Crippen molar-refractivity contribution in [1.29, 1.82) is 0 Å². The number of nitrogens with one attached hydrogen (secondary N) is 1. The molecule has 1 aromatic heterocycles. The molecule has 1 aliphatic rings. The normalized spacial score (nSPS) is 13.4. The van der Waals surface area contributed by atoms with E-state index in [4.69, 9.17) is 14.7 Å². The molecule has 7 nitrogen and oxygen atoms in total. The summed E-state index contributed by atoms with van der Waals surface area (Å²) in [5.74, 6) is 0.00718. The van der Waals surface area contributed by atoms with E-state index in [1.165, 1.54) is 5.56 Å². The van der Waals surface area contributed by atoms with Crippen molar-refractivity contribution in [2.45, 2.75) is 32.1 Å². The highest BCUT2D eigenvalue weighted by Gasteiger charge is 2.21. The zero-order valence-corrected chi connectivity index (χ0v) is 14.8. The molecular formula is C19H23N3O4. The summed E-state index contributed by atoms with van der Waals surface area (Å²) in [6.07, 6.45) is 8.65.